The zero-order valence-corrected chi connectivity index (χ0v) is 21.0. The highest BCUT2D eigenvalue weighted by atomic mass is 16.5. The third-order valence-corrected chi connectivity index (χ3v) is 5.79. The Hall–Kier alpha value is -4.98. The van der Waals surface area contributed by atoms with Crippen molar-refractivity contribution in [2.24, 2.45) is 0 Å². The number of anilines is 1. The van der Waals surface area contributed by atoms with Gasteiger partial charge in [-0.05, 0) is 47.0 Å². The van der Waals surface area contributed by atoms with E-state index in [0.717, 1.165) is 16.7 Å². The van der Waals surface area contributed by atoms with Crippen molar-refractivity contribution in [2.75, 3.05) is 19.5 Å². The summed E-state index contributed by atoms with van der Waals surface area (Å²) < 4.78 is 16.5. The molecule has 0 aliphatic heterocycles. The van der Waals surface area contributed by atoms with Crippen LogP contribution in [0.4, 0.5) is 10.5 Å². The number of carbonyl (C=O) groups excluding carboxylic acids is 2. The summed E-state index contributed by atoms with van der Waals surface area (Å²) in [5.41, 5.74) is 3.13. The molecule has 2 amide bonds. The first-order valence-corrected chi connectivity index (χ1v) is 11.9. The molecule has 0 unspecified atom stereocenters. The standard InChI is InChI=1S/C30H28N2O6/c1-36-27-17-20(13-15-25(27)33)19-31-30(35)32-23-14-16-26(24(18-23)29(34)37-2)38-28(21-9-5-3-6-10-21)22-11-7-4-8-12-22/h3-18,28,33H,19H2,1-2H3,(H2,31,32,35). The summed E-state index contributed by atoms with van der Waals surface area (Å²) in [6, 6.07) is 28.5. The van der Waals surface area contributed by atoms with E-state index in [2.05, 4.69) is 10.6 Å². The van der Waals surface area contributed by atoms with Crippen molar-refractivity contribution in [1.82, 2.24) is 5.32 Å². The number of nitrogens with one attached hydrogen (secondary N) is 2. The summed E-state index contributed by atoms with van der Waals surface area (Å²) in [6.07, 6.45) is -0.467. The molecule has 8 heteroatoms. The summed E-state index contributed by atoms with van der Waals surface area (Å²) in [5, 5.41) is 15.2. The van der Waals surface area contributed by atoms with Crippen LogP contribution in [-0.4, -0.2) is 31.3 Å². The van der Waals surface area contributed by atoms with Crippen molar-refractivity contribution >= 4 is 17.7 Å². The van der Waals surface area contributed by atoms with Crippen molar-refractivity contribution in [3.63, 3.8) is 0 Å². The van der Waals surface area contributed by atoms with E-state index in [0.29, 0.717) is 17.2 Å². The Balaban J connectivity index is 1.53. The first-order valence-electron chi connectivity index (χ1n) is 11.9. The van der Waals surface area contributed by atoms with E-state index in [9.17, 15) is 14.7 Å². The molecule has 38 heavy (non-hydrogen) atoms. The molecule has 0 aromatic heterocycles. The van der Waals surface area contributed by atoms with Gasteiger partial charge in [0.1, 0.15) is 17.4 Å². The van der Waals surface area contributed by atoms with E-state index in [1.165, 1.54) is 26.4 Å². The number of aromatic hydroxyl groups is 1. The number of ether oxygens (including phenoxy) is 3. The molecule has 0 saturated heterocycles. The number of carbonyl (C=O) groups is 2. The summed E-state index contributed by atoms with van der Waals surface area (Å²) in [6.45, 7) is 0.198. The van der Waals surface area contributed by atoms with Gasteiger partial charge < -0.3 is 30.0 Å². The Morgan fingerprint density at radius 1 is 0.816 bits per heavy atom. The maximum Gasteiger partial charge on any atom is 0.341 e. The molecule has 3 N–H and O–H groups in total. The SMILES string of the molecule is COC(=O)c1cc(NC(=O)NCc2ccc(O)c(OC)c2)ccc1OC(c1ccccc1)c1ccccc1. The van der Waals surface area contributed by atoms with Crippen LogP contribution in [0.15, 0.2) is 97.1 Å². The number of methoxy groups -OCH3 is 2. The van der Waals surface area contributed by atoms with E-state index in [-0.39, 0.29) is 17.9 Å². The smallest absolute Gasteiger partial charge is 0.341 e. The summed E-state index contributed by atoms with van der Waals surface area (Å²) in [7, 11) is 2.74. The van der Waals surface area contributed by atoms with E-state index in [1.54, 1.807) is 24.3 Å². The van der Waals surface area contributed by atoms with Gasteiger partial charge in [-0.15, -0.1) is 0 Å². The maximum absolute atomic E-state index is 12.7. The molecule has 0 atom stereocenters. The van der Waals surface area contributed by atoms with Gasteiger partial charge in [0.2, 0.25) is 0 Å². The highest BCUT2D eigenvalue weighted by Gasteiger charge is 2.21. The number of urea groups is 1. The van der Waals surface area contributed by atoms with Gasteiger partial charge in [-0.1, -0.05) is 66.7 Å². The molecule has 0 radical (unpaired) electrons. The fraction of sp³-hybridized carbons (Fsp3) is 0.133. The lowest BCUT2D eigenvalue weighted by atomic mass is 10.0. The molecule has 4 rings (SSSR count). The Kier molecular flexibility index (Phi) is 8.46. The Morgan fingerprint density at radius 2 is 1.47 bits per heavy atom. The maximum atomic E-state index is 12.7. The van der Waals surface area contributed by atoms with Crippen LogP contribution in [0.1, 0.15) is 33.2 Å². The van der Waals surface area contributed by atoms with Crippen LogP contribution >= 0.6 is 0 Å². The van der Waals surface area contributed by atoms with Gasteiger partial charge >= 0.3 is 12.0 Å². The minimum absolute atomic E-state index is 0.0140. The molecule has 0 saturated carbocycles. The topological polar surface area (TPSA) is 106 Å². The average Bonchev–Trinajstić information content (AvgIpc) is 2.96. The summed E-state index contributed by atoms with van der Waals surface area (Å²) in [4.78, 5) is 25.2. The van der Waals surface area contributed by atoms with Gasteiger partial charge in [-0.25, -0.2) is 9.59 Å². The van der Waals surface area contributed by atoms with Crippen molar-refractivity contribution in [3.05, 3.63) is 119 Å². The highest BCUT2D eigenvalue weighted by molar-refractivity contribution is 5.96. The van der Waals surface area contributed by atoms with Crippen LogP contribution in [0.25, 0.3) is 0 Å². The number of esters is 1. The van der Waals surface area contributed by atoms with Gasteiger partial charge in [0.25, 0.3) is 0 Å². The van der Waals surface area contributed by atoms with Crippen LogP contribution in [0.3, 0.4) is 0 Å². The Morgan fingerprint density at radius 3 is 2.08 bits per heavy atom. The number of rotatable bonds is 9. The molecular weight excluding hydrogens is 484 g/mol. The van der Waals surface area contributed by atoms with Crippen LogP contribution in [0, 0.1) is 0 Å². The number of phenols is 1. The van der Waals surface area contributed by atoms with Crippen LogP contribution < -0.4 is 20.1 Å². The Bertz CT molecular complexity index is 1350. The molecule has 0 aliphatic carbocycles. The highest BCUT2D eigenvalue weighted by Crippen LogP contribution is 2.32. The quantitative estimate of drug-likeness (QED) is 0.249. The van der Waals surface area contributed by atoms with E-state index < -0.39 is 18.1 Å². The number of benzene rings is 4. The second-order valence-electron chi connectivity index (χ2n) is 8.34. The first kappa shape index (κ1) is 26.1. The summed E-state index contributed by atoms with van der Waals surface area (Å²) in [5.74, 6) is 0.0456. The minimum Gasteiger partial charge on any atom is -0.504 e. The van der Waals surface area contributed by atoms with E-state index >= 15 is 0 Å². The largest absolute Gasteiger partial charge is 0.504 e. The monoisotopic (exact) mass is 512 g/mol. The van der Waals surface area contributed by atoms with Crippen LogP contribution in [0.2, 0.25) is 0 Å². The molecule has 194 valence electrons. The fourth-order valence-electron chi connectivity index (χ4n) is 3.88. The van der Waals surface area contributed by atoms with Crippen molar-refractivity contribution in [1.29, 1.82) is 0 Å². The van der Waals surface area contributed by atoms with Crippen molar-refractivity contribution < 1.29 is 28.9 Å². The average molecular weight is 513 g/mol. The molecule has 0 heterocycles. The number of hydrogen-bond acceptors (Lipinski definition) is 6. The van der Waals surface area contributed by atoms with Gasteiger partial charge in [0.15, 0.2) is 11.5 Å². The molecule has 0 fully saturated rings. The van der Waals surface area contributed by atoms with Gasteiger partial charge in [0.05, 0.1) is 14.2 Å². The van der Waals surface area contributed by atoms with E-state index in [4.69, 9.17) is 14.2 Å². The van der Waals surface area contributed by atoms with Gasteiger partial charge in [-0.3, -0.25) is 0 Å². The normalized spacial score (nSPS) is 10.5. The lowest BCUT2D eigenvalue weighted by molar-refractivity contribution is 0.0594. The number of phenolic OH excluding ortho intramolecular Hbond substituents is 1. The predicted octanol–water partition coefficient (Wildman–Crippen LogP) is 5.68. The van der Waals surface area contributed by atoms with Crippen molar-refractivity contribution in [2.45, 2.75) is 12.6 Å². The van der Waals surface area contributed by atoms with Crippen LogP contribution in [-0.2, 0) is 11.3 Å². The third-order valence-electron chi connectivity index (χ3n) is 5.79. The number of hydrogen-bond donors (Lipinski definition) is 3. The molecular formula is C30H28N2O6. The number of amides is 2. The molecule has 4 aromatic carbocycles. The van der Waals surface area contributed by atoms with E-state index in [1.807, 2.05) is 60.7 Å². The molecule has 0 aliphatic rings. The zero-order chi connectivity index (χ0) is 26.9. The molecule has 0 spiro atoms. The fourth-order valence-corrected chi connectivity index (χ4v) is 3.88. The minimum atomic E-state index is -0.597. The first-order chi connectivity index (χ1) is 18.5. The van der Waals surface area contributed by atoms with Gasteiger partial charge in [0, 0.05) is 12.2 Å². The lowest BCUT2D eigenvalue weighted by Crippen LogP contribution is -2.28. The molecule has 4 aromatic rings. The second kappa shape index (κ2) is 12.3. The zero-order valence-electron chi connectivity index (χ0n) is 21.0. The molecule has 8 nitrogen and oxygen atoms in total. The molecule has 0 bridgehead atoms. The van der Waals surface area contributed by atoms with Crippen LogP contribution in [0.5, 0.6) is 17.2 Å². The second-order valence-corrected chi connectivity index (χ2v) is 8.34. The third kappa shape index (κ3) is 6.41. The van der Waals surface area contributed by atoms with Gasteiger partial charge in [-0.2, -0.15) is 0 Å². The van der Waals surface area contributed by atoms with Crippen molar-refractivity contribution in [3.8, 4) is 17.2 Å². The lowest BCUT2D eigenvalue weighted by Gasteiger charge is -2.22. The Labute approximate surface area is 220 Å². The predicted molar refractivity (Wildman–Crippen MR) is 144 cm³/mol. The summed E-state index contributed by atoms with van der Waals surface area (Å²) >= 11 is 0.